The van der Waals surface area contributed by atoms with Crippen LogP contribution in [0.1, 0.15) is 34.9 Å². The van der Waals surface area contributed by atoms with Gasteiger partial charge in [-0.2, -0.15) is 5.10 Å². The molecule has 1 N–H and O–H groups in total. The van der Waals surface area contributed by atoms with Crippen molar-refractivity contribution < 1.29 is 5.11 Å². The van der Waals surface area contributed by atoms with Crippen molar-refractivity contribution in [3.05, 3.63) is 39.3 Å². The summed E-state index contributed by atoms with van der Waals surface area (Å²) in [5, 5.41) is 16.7. The Morgan fingerprint density at radius 3 is 2.88 bits per heavy atom. The molecule has 4 heteroatoms. The molecule has 1 unspecified atom stereocenters. The van der Waals surface area contributed by atoms with Gasteiger partial charge in [0.1, 0.15) is 6.10 Å². The summed E-state index contributed by atoms with van der Waals surface area (Å²) in [5.74, 6) is 0. The molecule has 0 aromatic carbocycles. The summed E-state index contributed by atoms with van der Waals surface area (Å²) in [4.78, 5) is 0.978. The predicted molar refractivity (Wildman–Crippen MR) is 65.7 cm³/mol. The van der Waals surface area contributed by atoms with Gasteiger partial charge in [0.05, 0.1) is 5.69 Å². The molecule has 0 bridgehead atoms. The van der Waals surface area contributed by atoms with E-state index in [1.807, 2.05) is 36.2 Å². The maximum atomic E-state index is 10.3. The molecule has 0 saturated carbocycles. The lowest BCUT2D eigenvalue weighted by molar-refractivity contribution is 0.222. The maximum absolute atomic E-state index is 10.3. The third kappa shape index (κ3) is 1.79. The van der Waals surface area contributed by atoms with Gasteiger partial charge in [0, 0.05) is 23.2 Å². The number of rotatable bonds is 3. The molecule has 0 saturated heterocycles. The standard InChI is InChI=1S/C12H16N2OS/c1-4-9-11(8(2)14(3)13-9)12(15)10-6-5-7-16-10/h5-7,12,15H,4H2,1-3H3. The van der Waals surface area contributed by atoms with Crippen molar-refractivity contribution in [2.75, 3.05) is 0 Å². The summed E-state index contributed by atoms with van der Waals surface area (Å²) < 4.78 is 1.84. The van der Waals surface area contributed by atoms with Crippen LogP contribution < -0.4 is 0 Å². The van der Waals surface area contributed by atoms with Crippen LogP contribution in [0.25, 0.3) is 0 Å². The van der Waals surface area contributed by atoms with E-state index in [0.717, 1.165) is 28.2 Å². The second kappa shape index (κ2) is 4.39. The normalized spacial score (nSPS) is 13.0. The maximum Gasteiger partial charge on any atom is 0.117 e. The Kier molecular flexibility index (Phi) is 3.12. The molecule has 2 aromatic rings. The van der Waals surface area contributed by atoms with Crippen LogP contribution in [0.15, 0.2) is 17.5 Å². The summed E-state index contributed by atoms with van der Waals surface area (Å²) in [6, 6.07) is 3.92. The van der Waals surface area contributed by atoms with E-state index in [1.54, 1.807) is 11.3 Å². The molecule has 0 aliphatic heterocycles. The largest absolute Gasteiger partial charge is 0.383 e. The van der Waals surface area contributed by atoms with Crippen molar-refractivity contribution in [3.63, 3.8) is 0 Å². The molecule has 0 amide bonds. The van der Waals surface area contributed by atoms with E-state index in [2.05, 4.69) is 12.0 Å². The van der Waals surface area contributed by atoms with Crippen LogP contribution in [0.4, 0.5) is 0 Å². The van der Waals surface area contributed by atoms with Gasteiger partial charge in [0.15, 0.2) is 0 Å². The van der Waals surface area contributed by atoms with Gasteiger partial charge in [0.25, 0.3) is 0 Å². The van der Waals surface area contributed by atoms with Gasteiger partial charge >= 0.3 is 0 Å². The molecule has 2 heterocycles. The molecule has 0 fully saturated rings. The fourth-order valence-electron chi connectivity index (χ4n) is 1.90. The number of aliphatic hydroxyl groups excluding tert-OH is 1. The summed E-state index contributed by atoms with van der Waals surface area (Å²) in [6.07, 6.45) is 0.308. The molecule has 3 nitrogen and oxygen atoms in total. The van der Waals surface area contributed by atoms with Gasteiger partial charge < -0.3 is 5.11 Å². The monoisotopic (exact) mass is 236 g/mol. The van der Waals surface area contributed by atoms with Gasteiger partial charge in [-0.15, -0.1) is 11.3 Å². The highest BCUT2D eigenvalue weighted by Crippen LogP contribution is 2.30. The third-order valence-corrected chi connectivity index (χ3v) is 3.80. The summed E-state index contributed by atoms with van der Waals surface area (Å²) in [5.41, 5.74) is 2.99. The number of aromatic nitrogens is 2. The zero-order valence-corrected chi connectivity index (χ0v) is 10.6. The SMILES string of the molecule is CCc1nn(C)c(C)c1C(O)c1cccs1. The van der Waals surface area contributed by atoms with Crippen molar-refractivity contribution >= 4 is 11.3 Å². The summed E-state index contributed by atoms with van der Waals surface area (Å²) >= 11 is 1.58. The van der Waals surface area contributed by atoms with Crippen molar-refractivity contribution in [3.8, 4) is 0 Å². The van der Waals surface area contributed by atoms with Crippen LogP contribution in [0.5, 0.6) is 0 Å². The quantitative estimate of drug-likeness (QED) is 0.889. The van der Waals surface area contributed by atoms with Gasteiger partial charge in [-0.3, -0.25) is 4.68 Å². The van der Waals surface area contributed by atoms with Gasteiger partial charge in [0.2, 0.25) is 0 Å². The van der Waals surface area contributed by atoms with Crippen LogP contribution >= 0.6 is 11.3 Å². The second-order valence-electron chi connectivity index (χ2n) is 3.84. The van der Waals surface area contributed by atoms with Crippen molar-refractivity contribution in [2.45, 2.75) is 26.4 Å². The molecule has 0 aliphatic rings. The predicted octanol–water partition coefficient (Wildman–Crippen LogP) is 2.43. The van der Waals surface area contributed by atoms with Crippen LogP contribution in [0.2, 0.25) is 0 Å². The van der Waals surface area contributed by atoms with Crippen LogP contribution in [0.3, 0.4) is 0 Å². The van der Waals surface area contributed by atoms with Gasteiger partial charge in [-0.25, -0.2) is 0 Å². The molecule has 16 heavy (non-hydrogen) atoms. The Hall–Kier alpha value is -1.13. The summed E-state index contributed by atoms with van der Waals surface area (Å²) in [6.45, 7) is 4.06. The molecule has 2 aromatic heterocycles. The van der Waals surface area contributed by atoms with Crippen LogP contribution in [-0.4, -0.2) is 14.9 Å². The molecule has 0 spiro atoms. The number of thiophene rings is 1. The fourth-order valence-corrected chi connectivity index (χ4v) is 2.62. The molecule has 86 valence electrons. The molecular weight excluding hydrogens is 220 g/mol. The number of nitrogens with zero attached hydrogens (tertiary/aromatic N) is 2. The molecule has 2 rings (SSSR count). The van der Waals surface area contributed by atoms with Crippen molar-refractivity contribution in [1.29, 1.82) is 0 Å². The zero-order valence-electron chi connectivity index (χ0n) is 9.77. The number of aryl methyl sites for hydroxylation is 2. The minimum Gasteiger partial charge on any atom is -0.383 e. The van der Waals surface area contributed by atoms with Crippen LogP contribution in [-0.2, 0) is 13.5 Å². The van der Waals surface area contributed by atoms with Gasteiger partial charge in [-0.1, -0.05) is 13.0 Å². The van der Waals surface area contributed by atoms with Gasteiger partial charge in [-0.05, 0) is 24.8 Å². The Balaban J connectivity index is 2.47. The van der Waals surface area contributed by atoms with Crippen LogP contribution in [0, 0.1) is 6.92 Å². The lowest BCUT2D eigenvalue weighted by Gasteiger charge is -2.09. The fraction of sp³-hybridized carbons (Fsp3) is 0.417. The van der Waals surface area contributed by atoms with E-state index in [1.165, 1.54) is 0 Å². The van der Waals surface area contributed by atoms with E-state index in [4.69, 9.17) is 0 Å². The first-order valence-corrected chi connectivity index (χ1v) is 6.27. The minimum atomic E-state index is -0.538. The number of hydrogen-bond donors (Lipinski definition) is 1. The lowest BCUT2D eigenvalue weighted by atomic mass is 10.0. The topological polar surface area (TPSA) is 38.0 Å². The smallest absolute Gasteiger partial charge is 0.117 e. The van der Waals surface area contributed by atoms with E-state index >= 15 is 0 Å². The van der Waals surface area contributed by atoms with E-state index in [0.29, 0.717) is 0 Å². The third-order valence-electron chi connectivity index (χ3n) is 2.88. The number of hydrogen-bond acceptors (Lipinski definition) is 3. The first-order valence-electron chi connectivity index (χ1n) is 5.39. The van der Waals surface area contributed by atoms with Crippen molar-refractivity contribution in [2.24, 2.45) is 7.05 Å². The molecule has 0 aliphatic carbocycles. The second-order valence-corrected chi connectivity index (χ2v) is 4.82. The van der Waals surface area contributed by atoms with E-state index in [-0.39, 0.29) is 0 Å². The average molecular weight is 236 g/mol. The molecular formula is C12H16N2OS. The highest BCUT2D eigenvalue weighted by Gasteiger charge is 2.21. The Morgan fingerprint density at radius 1 is 1.56 bits per heavy atom. The summed E-state index contributed by atoms with van der Waals surface area (Å²) in [7, 11) is 1.92. The average Bonchev–Trinajstić information content (AvgIpc) is 2.88. The Morgan fingerprint density at radius 2 is 2.31 bits per heavy atom. The minimum absolute atomic E-state index is 0.538. The Labute approximate surface area is 99.4 Å². The lowest BCUT2D eigenvalue weighted by Crippen LogP contribution is -2.02. The van der Waals surface area contributed by atoms with E-state index in [9.17, 15) is 5.11 Å². The van der Waals surface area contributed by atoms with Crippen molar-refractivity contribution in [1.82, 2.24) is 9.78 Å². The zero-order chi connectivity index (χ0) is 11.7. The first kappa shape index (κ1) is 11.4. The first-order chi connectivity index (χ1) is 7.65. The molecule has 0 radical (unpaired) electrons. The Bertz CT molecular complexity index is 473. The van der Waals surface area contributed by atoms with E-state index < -0.39 is 6.10 Å². The molecule has 1 atom stereocenters. The highest BCUT2D eigenvalue weighted by molar-refractivity contribution is 7.10. The highest BCUT2D eigenvalue weighted by atomic mass is 32.1. The number of aliphatic hydroxyl groups is 1.